The SMILES string of the molecule is O=C(Nc1cc(N2CCOC2=O)ccc1F)[C@H]1CC=CC[C@H]1C(=O)O. The van der Waals surface area contributed by atoms with Crippen LogP contribution in [0.5, 0.6) is 0 Å². The van der Waals surface area contributed by atoms with Crippen LogP contribution in [0.25, 0.3) is 0 Å². The quantitative estimate of drug-likeness (QED) is 0.815. The summed E-state index contributed by atoms with van der Waals surface area (Å²) in [5.41, 5.74) is 0.304. The lowest BCUT2D eigenvalue weighted by Crippen LogP contribution is -2.35. The largest absolute Gasteiger partial charge is 0.481 e. The van der Waals surface area contributed by atoms with Crippen molar-refractivity contribution in [3.8, 4) is 0 Å². The first kappa shape index (κ1) is 16.9. The number of rotatable bonds is 4. The molecule has 8 heteroatoms. The summed E-state index contributed by atoms with van der Waals surface area (Å²) in [5.74, 6) is -3.90. The number of hydrogen-bond donors (Lipinski definition) is 2. The third kappa shape index (κ3) is 3.47. The maximum Gasteiger partial charge on any atom is 0.414 e. The number of halogens is 1. The molecule has 1 aromatic carbocycles. The normalized spacial score (nSPS) is 22.6. The number of nitrogens with one attached hydrogen (secondary N) is 1. The maximum absolute atomic E-state index is 14.1. The molecule has 1 aliphatic heterocycles. The number of cyclic esters (lactones) is 1. The van der Waals surface area contributed by atoms with Gasteiger partial charge in [-0.3, -0.25) is 14.5 Å². The summed E-state index contributed by atoms with van der Waals surface area (Å²) in [7, 11) is 0. The number of carboxylic acid groups (broad SMARTS) is 1. The number of ether oxygens (including phenoxy) is 1. The maximum atomic E-state index is 14.1. The lowest BCUT2D eigenvalue weighted by molar-refractivity contribution is -0.146. The zero-order valence-corrected chi connectivity index (χ0v) is 13.3. The zero-order valence-electron chi connectivity index (χ0n) is 13.3. The van der Waals surface area contributed by atoms with E-state index in [-0.39, 0.29) is 25.1 Å². The van der Waals surface area contributed by atoms with Gasteiger partial charge in [0.2, 0.25) is 5.91 Å². The van der Waals surface area contributed by atoms with Crippen molar-refractivity contribution in [1.82, 2.24) is 0 Å². The molecule has 1 aliphatic carbocycles. The molecule has 2 amide bonds. The summed E-state index contributed by atoms with van der Waals surface area (Å²) in [5, 5.41) is 11.7. The molecule has 1 heterocycles. The van der Waals surface area contributed by atoms with Crippen LogP contribution in [-0.4, -0.2) is 36.2 Å². The Balaban J connectivity index is 1.79. The van der Waals surface area contributed by atoms with Crippen LogP contribution in [0.15, 0.2) is 30.4 Å². The van der Waals surface area contributed by atoms with Gasteiger partial charge in [-0.25, -0.2) is 9.18 Å². The van der Waals surface area contributed by atoms with Crippen molar-refractivity contribution in [2.75, 3.05) is 23.4 Å². The smallest absolute Gasteiger partial charge is 0.414 e. The van der Waals surface area contributed by atoms with Crippen molar-refractivity contribution in [2.24, 2.45) is 11.8 Å². The highest BCUT2D eigenvalue weighted by Crippen LogP contribution is 2.29. The Hall–Kier alpha value is -2.90. The van der Waals surface area contributed by atoms with Crippen molar-refractivity contribution < 1.29 is 28.6 Å². The summed E-state index contributed by atoms with van der Waals surface area (Å²) < 4.78 is 18.9. The van der Waals surface area contributed by atoms with Gasteiger partial charge in [-0.1, -0.05) is 12.2 Å². The second kappa shape index (κ2) is 6.92. The van der Waals surface area contributed by atoms with Crippen molar-refractivity contribution in [3.05, 3.63) is 36.2 Å². The van der Waals surface area contributed by atoms with Crippen LogP contribution in [0.3, 0.4) is 0 Å². The molecule has 2 aliphatic rings. The van der Waals surface area contributed by atoms with Gasteiger partial charge in [0.15, 0.2) is 0 Å². The minimum absolute atomic E-state index is 0.0964. The van der Waals surface area contributed by atoms with Crippen LogP contribution >= 0.6 is 0 Å². The average Bonchev–Trinajstić information content (AvgIpc) is 3.02. The van der Waals surface area contributed by atoms with Crippen molar-refractivity contribution in [1.29, 1.82) is 0 Å². The van der Waals surface area contributed by atoms with Gasteiger partial charge in [0, 0.05) is 5.69 Å². The van der Waals surface area contributed by atoms with Crippen LogP contribution in [-0.2, 0) is 14.3 Å². The van der Waals surface area contributed by atoms with Crippen LogP contribution in [0, 0.1) is 17.7 Å². The fourth-order valence-corrected chi connectivity index (χ4v) is 3.01. The highest BCUT2D eigenvalue weighted by atomic mass is 19.1. The van der Waals surface area contributed by atoms with Crippen molar-refractivity contribution in [3.63, 3.8) is 0 Å². The second-order valence-corrected chi connectivity index (χ2v) is 5.91. The number of nitrogens with zero attached hydrogens (tertiary/aromatic N) is 1. The van der Waals surface area contributed by atoms with Gasteiger partial charge < -0.3 is 15.2 Å². The van der Waals surface area contributed by atoms with Crippen molar-refractivity contribution in [2.45, 2.75) is 12.8 Å². The Labute approximate surface area is 143 Å². The number of amides is 2. The highest BCUT2D eigenvalue weighted by molar-refractivity contribution is 5.97. The zero-order chi connectivity index (χ0) is 18.0. The predicted molar refractivity (Wildman–Crippen MR) is 86.7 cm³/mol. The lowest BCUT2D eigenvalue weighted by Gasteiger charge is -2.24. The number of carbonyl (C=O) groups is 3. The molecule has 1 fully saturated rings. The van der Waals surface area contributed by atoms with Gasteiger partial charge in [-0.2, -0.15) is 0 Å². The molecule has 2 N–H and O–H groups in total. The molecule has 0 aromatic heterocycles. The topological polar surface area (TPSA) is 95.9 Å². The Morgan fingerprint density at radius 1 is 1.24 bits per heavy atom. The molecule has 0 radical (unpaired) electrons. The monoisotopic (exact) mass is 348 g/mol. The number of carboxylic acids is 1. The molecule has 3 rings (SSSR count). The third-order valence-electron chi connectivity index (χ3n) is 4.37. The van der Waals surface area contributed by atoms with E-state index in [9.17, 15) is 23.9 Å². The molecular weight excluding hydrogens is 331 g/mol. The molecule has 0 spiro atoms. The number of hydrogen-bond acceptors (Lipinski definition) is 4. The Bertz CT molecular complexity index is 749. The molecule has 1 saturated heterocycles. The molecule has 0 unspecified atom stereocenters. The number of anilines is 2. The molecule has 0 bridgehead atoms. The number of benzene rings is 1. The van der Waals surface area contributed by atoms with Crippen LogP contribution < -0.4 is 10.2 Å². The highest BCUT2D eigenvalue weighted by Gasteiger charge is 2.34. The van der Waals surface area contributed by atoms with E-state index >= 15 is 0 Å². The Morgan fingerprint density at radius 2 is 1.96 bits per heavy atom. The summed E-state index contributed by atoms with van der Waals surface area (Å²) in [6.45, 7) is 0.582. The van der Waals surface area contributed by atoms with E-state index in [4.69, 9.17) is 4.74 Å². The lowest BCUT2D eigenvalue weighted by atomic mass is 9.82. The summed E-state index contributed by atoms with van der Waals surface area (Å²) >= 11 is 0. The first-order chi connectivity index (χ1) is 12.0. The minimum atomic E-state index is -1.06. The Morgan fingerprint density at radius 3 is 2.60 bits per heavy atom. The Kier molecular flexibility index (Phi) is 4.69. The van der Waals surface area contributed by atoms with E-state index < -0.39 is 35.6 Å². The summed E-state index contributed by atoms with van der Waals surface area (Å²) in [6, 6.07) is 3.90. The standard InChI is InChI=1S/C17H17FN2O5/c18-13-6-5-10(20-7-8-25-17(20)24)9-14(13)19-15(21)11-3-1-2-4-12(11)16(22)23/h1-2,5-6,9,11-12H,3-4,7-8H2,(H,19,21)(H,22,23)/t11-,12+/m0/s1. The molecule has 0 saturated carbocycles. The van der Waals surface area contributed by atoms with Gasteiger partial charge in [-0.05, 0) is 31.0 Å². The van der Waals surface area contributed by atoms with Gasteiger partial charge in [0.25, 0.3) is 0 Å². The molecular formula is C17H17FN2O5. The number of carbonyl (C=O) groups excluding carboxylic acids is 2. The van der Waals surface area contributed by atoms with E-state index in [1.54, 1.807) is 12.2 Å². The second-order valence-electron chi connectivity index (χ2n) is 5.91. The predicted octanol–water partition coefficient (Wildman–Crippen LogP) is 2.39. The van der Waals surface area contributed by atoms with Gasteiger partial charge >= 0.3 is 12.1 Å². The molecule has 7 nitrogen and oxygen atoms in total. The minimum Gasteiger partial charge on any atom is -0.481 e. The van der Waals surface area contributed by atoms with Crippen LogP contribution in [0.1, 0.15) is 12.8 Å². The van der Waals surface area contributed by atoms with Crippen LogP contribution in [0.4, 0.5) is 20.6 Å². The fraction of sp³-hybridized carbons (Fsp3) is 0.353. The number of aliphatic carboxylic acids is 1. The molecule has 2 atom stereocenters. The molecule has 25 heavy (non-hydrogen) atoms. The molecule has 1 aromatic rings. The van der Waals surface area contributed by atoms with E-state index in [0.717, 1.165) is 6.07 Å². The van der Waals surface area contributed by atoms with E-state index in [0.29, 0.717) is 12.2 Å². The van der Waals surface area contributed by atoms with E-state index in [1.807, 2.05) is 0 Å². The first-order valence-corrected chi connectivity index (χ1v) is 7.90. The van der Waals surface area contributed by atoms with E-state index in [2.05, 4.69) is 5.32 Å². The molecule has 132 valence electrons. The van der Waals surface area contributed by atoms with Crippen molar-refractivity contribution >= 4 is 29.3 Å². The van der Waals surface area contributed by atoms with Gasteiger partial charge in [0.1, 0.15) is 12.4 Å². The van der Waals surface area contributed by atoms with Gasteiger partial charge in [-0.15, -0.1) is 0 Å². The third-order valence-corrected chi connectivity index (χ3v) is 4.37. The van der Waals surface area contributed by atoms with E-state index in [1.165, 1.54) is 17.0 Å². The average molecular weight is 348 g/mol. The fourth-order valence-electron chi connectivity index (χ4n) is 3.01. The summed E-state index contributed by atoms with van der Waals surface area (Å²) in [4.78, 5) is 36.7. The first-order valence-electron chi connectivity index (χ1n) is 7.90. The van der Waals surface area contributed by atoms with Gasteiger partial charge in [0.05, 0.1) is 24.1 Å². The summed E-state index contributed by atoms with van der Waals surface area (Å²) in [6.07, 6.45) is 3.48. The number of allylic oxidation sites excluding steroid dienone is 2. The van der Waals surface area contributed by atoms with Crippen LogP contribution in [0.2, 0.25) is 0 Å².